The number of nitrogens with zero attached hydrogens (tertiary/aromatic N) is 3. The molecule has 2 amide bonds. The van der Waals surface area contributed by atoms with Gasteiger partial charge in [0, 0.05) is 31.4 Å². The van der Waals surface area contributed by atoms with Crippen molar-refractivity contribution in [1.82, 2.24) is 20.6 Å². The first kappa shape index (κ1) is 29.4. The smallest absolute Gasteiger partial charge is 0.407 e. The van der Waals surface area contributed by atoms with E-state index in [1.807, 2.05) is 47.4 Å². The highest BCUT2D eigenvalue weighted by atomic mass is 16.6. The Labute approximate surface area is 240 Å². The van der Waals surface area contributed by atoms with E-state index in [1.165, 1.54) is 6.20 Å². The lowest BCUT2D eigenvalue weighted by Crippen LogP contribution is -2.34. The molecule has 41 heavy (non-hydrogen) atoms. The zero-order valence-corrected chi connectivity index (χ0v) is 24.2. The zero-order chi connectivity index (χ0) is 29.4. The first-order valence-corrected chi connectivity index (χ1v) is 13.5. The van der Waals surface area contributed by atoms with Gasteiger partial charge in [0.2, 0.25) is 11.8 Å². The highest BCUT2D eigenvalue weighted by Gasteiger charge is 2.27. The number of methoxy groups -OCH3 is 2. The van der Waals surface area contributed by atoms with Crippen molar-refractivity contribution in [2.45, 2.75) is 45.8 Å². The Hall–Kier alpha value is -4.54. The molecule has 0 unspecified atom stereocenters. The predicted molar refractivity (Wildman–Crippen MR) is 154 cm³/mol. The van der Waals surface area contributed by atoms with Crippen molar-refractivity contribution in [3.63, 3.8) is 0 Å². The Morgan fingerprint density at radius 1 is 1.00 bits per heavy atom. The van der Waals surface area contributed by atoms with Gasteiger partial charge in [-0.15, -0.1) is 0 Å². The van der Waals surface area contributed by atoms with Gasteiger partial charge in [0.15, 0.2) is 0 Å². The number of fused-ring (bicyclic) bond motifs is 1. The molecule has 0 bridgehead atoms. The number of carbonyl (C=O) groups excluding carboxylic acids is 2. The Kier molecular flexibility index (Phi) is 9.49. The van der Waals surface area contributed by atoms with Crippen LogP contribution < -0.4 is 29.7 Å². The lowest BCUT2D eigenvalue weighted by atomic mass is 10.1. The van der Waals surface area contributed by atoms with E-state index in [9.17, 15) is 9.59 Å². The summed E-state index contributed by atoms with van der Waals surface area (Å²) in [5.41, 5.74) is 2.58. The molecule has 4 rings (SSSR count). The van der Waals surface area contributed by atoms with Crippen molar-refractivity contribution in [3.05, 3.63) is 65.4 Å². The SMILES string of the molecule is COc1ccc(COc2nc(N3CCc4c(OC)cccc43)ncc2C(=O)NCCCNC(=O)OC(C)(C)C)cc1. The van der Waals surface area contributed by atoms with Crippen molar-refractivity contribution >= 4 is 23.6 Å². The molecule has 1 aliphatic rings. The monoisotopic (exact) mass is 563 g/mol. The minimum absolute atomic E-state index is 0.173. The maximum Gasteiger partial charge on any atom is 0.407 e. The lowest BCUT2D eigenvalue weighted by Gasteiger charge is -2.20. The number of carbonyl (C=O) groups is 2. The molecule has 2 aromatic carbocycles. The van der Waals surface area contributed by atoms with Crippen LogP contribution in [0.4, 0.5) is 16.4 Å². The minimum atomic E-state index is -0.574. The Bertz CT molecular complexity index is 1360. The number of anilines is 2. The number of rotatable bonds is 11. The Morgan fingerprint density at radius 2 is 1.76 bits per heavy atom. The molecule has 2 heterocycles. The molecule has 0 fully saturated rings. The van der Waals surface area contributed by atoms with E-state index in [4.69, 9.17) is 18.9 Å². The number of hydrogen-bond acceptors (Lipinski definition) is 9. The molecule has 0 aliphatic carbocycles. The van der Waals surface area contributed by atoms with Crippen LogP contribution >= 0.6 is 0 Å². The van der Waals surface area contributed by atoms with Gasteiger partial charge in [-0.1, -0.05) is 18.2 Å². The van der Waals surface area contributed by atoms with Crippen molar-refractivity contribution in [2.24, 2.45) is 0 Å². The molecule has 218 valence electrons. The van der Waals surface area contributed by atoms with E-state index < -0.39 is 11.7 Å². The average Bonchev–Trinajstić information content (AvgIpc) is 3.39. The quantitative estimate of drug-likeness (QED) is 0.327. The Morgan fingerprint density at radius 3 is 2.46 bits per heavy atom. The summed E-state index contributed by atoms with van der Waals surface area (Å²) in [7, 11) is 3.26. The summed E-state index contributed by atoms with van der Waals surface area (Å²) in [5.74, 6) is 1.79. The van der Waals surface area contributed by atoms with E-state index in [0.29, 0.717) is 32.0 Å². The third-order valence-corrected chi connectivity index (χ3v) is 6.27. The highest BCUT2D eigenvalue weighted by molar-refractivity contribution is 5.96. The summed E-state index contributed by atoms with van der Waals surface area (Å²) in [6, 6.07) is 13.3. The van der Waals surface area contributed by atoms with Crippen LogP contribution in [0.15, 0.2) is 48.7 Å². The van der Waals surface area contributed by atoms with Crippen LogP contribution in [0.5, 0.6) is 17.4 Å². The summed E-state index contributed by atoms with van der Waals surface area (Å²) in [4.78, 5) is 36.1. The first-order valence-electron chi connectivity index (χ1n) is 13.5. The third-order valence-electron chi connectivity index (χ3n) is 6.27. The fraction of sp³-hybridized carbons (Fsp3) is 0.400. The molecule has 11 nitrogen and oxygen atoms in total. The molecule has 0 atom stereocenters. The molecule has 0 radical (unpaired) electrons. The van der Waals surface area contributed by atoms with Gasteiger partial charge >= 0.3 is 6.09 Å². The van der Waals surface area contributed by atoms with Crippen molar-refractivity contribution in [2.75, 3.05) is 38.8 Å². The lowest BCUT2D eigenvalue weighted by molar-refractivity contribution is 0.0527. The minimum Gasteiger partial charge on any atom is -0.497 e. The molecule has 0 saturated carbocycles. The van der Waals surface area contributed by atoms with E-state index in [1.54, 1.807) is 35.0 Å². The van der Waals surface area contributed by atoms with Gasteiger partial charge < -0.3 is 34.5 Å². The summed E-state index contributed by atoms with van der Waals surface area (Å²) in [6.07, 6.45) is 2.28. The standard InChI is InChI=1S/C30H37N5O6/c1-30(2,3)41-29(37)32-16-7-15-31-26(36)23-18-33-28(35-17-14-22-24(35)8-6-9-25(22)39-5)34-27(23)40-19-20-10-12-21(38-4)13-11-20/h6,8-13,18H,7,14-17,19H2,1-5H3,(H,31,36)(H,32,37). The van der Waals surface area contributed by atoms with Crippen LogP contribution in [0.1, 0.15) is 48.7 Å². The maximum atomic E-state index is 13.1. The van der Waals surface area contributed by atoms with Gasteiger partial charge in [-0.3, -0.25) is 4.79 Å². The molecule has 1 aliphatic heterocycles. The van der Waals surface area contributed by atoms with Crippen LogP contribution in [0.3, 0.4) is 0 Å². The molecule has 11 heteroatoms. The van der Waals surface area contributed by atoms with Crippen LogP contribution in [0.25, 0.3) is 0 Å². The molecule has 1 aromatic heterocycles. The van der Waals surface area contributed by atoms with Crippen LogP contribution in [-0.4, -0.2) is 61.4 Å². The normalized spacial score (nSPS) is 12.4. The molecule has 0 spiro atoms. The molecular weight excluding hydrogens is 526 g/mol. The number of aromatic nitrogens is 2. The van der Waals surface area contributed by atoms with Gasteiger partial charge in [-0.2, -0.15) is 4.98 Å². The number of benzene rings is 2. The molecule has 3 aromatic rings. The predicted octanol–water partition coefficient (Wildman–Crippen LogP) is 4.41. The van der Waals surface area contributed by atoms with Crippen molar-refractivity contribution in [1.29, 1.82) is 0 Å². The summed E-state index contributed by atoms with van der Waals surface area (Å²) < 4.78 is 22.1. The largest absolute Gasteiger partial charge is 0.497 e. The third kappa shape index (κ3) is 7.77. The number of ether oxygens (including phenoxy) is 4. The molecule has 0 saturated heterocycles. The van der Waals surface area contributed by atoms with Crippen LogP contribution in [0, 0.1) is 0 Å². The van der Waals surface area contributed by atoms with Gasteiger partial charge in [0.05, 0.1) is 19.9 Å². The molecular formula is C30H37N5O6. The zero-order valence-electron chi connectivity index (χ0n) is 24.2. The summed E-state index contributed by atoms with van der Waals surface area (Å²) >= 11 is 0. The van der Waals surface area contributed by atoms with E-state index in [0.717, 1.165) is 34.7 Å². The second-order valence-electron chi connectivity index (χ2n) is 10.4. The van der Waals surface area contributed by atoms with Gasteiger partial charge in [0.1, 0.15) is 29.3 Å². The first-order chi connectivity index (χ1) is 19.7. The van der Waals surface area contributed by atoms with E-state index >= 15 is 0 Å². The Balaban J connectivity index is 1.47. The van der Waals surface area contributed by atoms with Gasteiger partial charge in [0.25, 0.3) is 5.91 Å². The molecule has 2 N–H and O–H groups in total. The van der Waals surface area contributed by atoms with E-state index in [-0.39, 0.29) is 24.0 Å². The van der Waals surface area contributed by atoms with Gasteiger partial charge in [-0.05, 0) is 63.4 Å². The number of hydrogen-bond donors (Lipinski definition) is 2. The fourth-order valence-corrected chi connectivity index (χ4v) is 4.32. The number of nitrogens with one attached hydrogen (secondary N) is 2. The fourth-order valence-electron chi connectivity index (χ4n) is 4.32. The highest BCUT2D eigenvalue weighted by Crippen LogP contribution is 2.38. The summed E-state index contributed by atoms with van der Waals surface area (Å²) in [5, 5.41) is 5.54. The topological polar surface area (TPSA) is 124 Å². The maximum absolute atomic E-state index is 13.1. The van der Waals surface area contributed by atoms with E-state index in [2.05, 4.69) is 20.6 Å². The van der Waals surface area contributed by atoms with Crippen LogP contribution in [0.2, 0.25) is 0 Å². The number of amides is 2. The van der Waals surface area contributed by atoms with Crippen molar-refractivity contribution < 1.29 is 28.5 Å². The van der Waals surface area contributed by atoms with Crippen molar-refractivity contribution in [3.8, 4) is 17.4 Å². The number of alkyl carbamates (subject to hydrolysis) is 1. The second-order valence-corrected chi connectivity index (χ2v) is 10.4. The summed E-state index contributed by atoms with van der Waals surface area (Å²) in [6.45, 7) is 6.95. The van der Waals surface area contributed by atoms with Gasteiger partial charge in [-0.25, -0.2) is 9.78 Å². The second kappa shape index (κ2) is 13.2. The average molecular weight is 564 g/mol. The van der Waals surface area contributed by atoms with Crippen LogP contribution in [-0.2, 0) is 17.8 Å².